The van der Waals surface area contributed by atoms with E-state index in [0.717, 1.165) is 22.6 Å². The number of hydrogen-bond donors (Lipinski definition) is 1. The van der Waals surface area contributed by atoms with E-state index >= 15 is 0 Å². The van der Waals surface area contributed by atoms with Gasteiger partial charge < -0.3 is 10.1 Å². The van der Waals surface area contributed by atoms with E-state index in [1.807, 2.05) is 31.2 Å². The van der Waals surface area contributed by atoms with Gasteiger partial charge in [0.05, 0.1) is 12.8 Å². The number of hydrogen-bond acceptors (Lipinski definition) is 4. The summed E-state index contributed by atoms with van der Waals surface area (Å²) in [6, 6.07) is 7.84. The van der Waals surface area contributed by atoms with Crippen LogP contribution in [0.5, 0.6) is 5.75 Å². The molecule has 4 heteroatoms. The first-order valence-electron chi connectivity index (χ1n) is 5.40. The first-order chi connectivity index (χ1) is 8.24. The third-order valence-corrected chi connectivity index (χ3v) is 2.59. The van der Waals surface area contributed by atoms with E-state index in [1.54, 1.807) is 20.4 Å². The normalized spacial score (nSPS) is 10.1. The fraction of sp³-hybridized carbons (Fsp3) is 0.231. The number of anilines is 1. The lowest BCUT2D eigenvalue weighted by molar-refractivity contribution is 0.414. The second kappa shape index (κ2) is 4.82. The van der Waals surface area contributed by atoms with Crippen LogP contribution in [0.3, 0.4) is 0 Å². The van der Waals surface area contributed by atoms with Gasteiger partial charge in [0.1, 0.15) is 5.75 Å². The van der Waals surface area contributed by atoms with Crippen molar-refractivity contribution >= 4 is 5.95 Å². The Morgan fingerprint density at radius 2 is 2.06 bits per heavy atom. The third-order valence-electron chi connectivity index (χ3n) is 2.59. The van der Waals surface area contributed by atoms with Gasteiger partial charge in [-0.2, -0.15) is 0 Å². The first-order valence-corrected chi connectivity index (χ1v) is 5.40. The lowest BCUT2D eigenvalue weighted by atomic mass is 10.1. The highest BCUT2D eigenvalue weighted by atomic mass is 16.5. The Labute approximate surface area is 101 Å². The molecule has 17 heavy (non-hydrogen) atoms. The number of nitrogens with zero attached hydrogens (tertiary/aromatic N) is 2. The van der Waals surface area contributed by atoms with Crippen LogP contribution in [0.2, 0.25) is 0 Å². The van der Waals surface area contributed by atoms with Crippen molar-refractivity contribution in [2.24, 2.45) is 0 Å². The number of benzene rings is 1. The van der Waals surface area contributed by atoms with Gasteiger partial charge in [-0.3, -0.25) is 0 Å². The largest absolute Gasteiger partial charge is 0.497 e. The molecule has 0 radical (unpaired) electrons. The molecule has 0 saturated heterocycles. The summed E-state index contributed by atoms with van der Waals surface area (Å²) in [6.45, 7) is 2.04. The van der Waals surface area contributed by atoms with Crippen LogP contribution in [0.1, 0.15) is 5.56 Å². The van der Waals surface area contributed by atoms with E-state index in [4.69, 9.17) is 4.74 Å². The summed E-state index contributed by atoms with van der Waals surface area (Å²) in [5, 5.41) is 2.93. The molecule has 4 nitrogen and oxygen atoms in total. The highest BCUT2D eigenvalue weighted by Crippen LogP contribution is 2.25. The number of aromatic nitrogens is 2. The van der Waals surface area contributed by atoms with Crippen molar-refractivity contribution in [1.82, 2.24) is 9.97 Å². The van der Waals surface area contributed by atoms with Crippen LogP contribution in [-0.4, -0.2) is 24.1 Å². The molecule has 88 valence electrons. The summed E-state index contributed by atoms with van der Waals surface area (Å²) in [6.07, 6.45) is 1.75. The Balaban J connectivity index is 2.45. The molecule has 0 bridgehead atoms. The van der Waals surface area contributed by atoms with Gasteiger partial charge in [0, 0.05) is 18.8 Å². The van der Waals surface area contributed by atoms with E-state index in [-0.39, 0.29) is 0 Å². The maximum absolute atomic E-state index is 5.19. The zero-order valence-corrected chi connectivity index (χ0v) is 10.2. The van der Waals surface area contributed by atoms with Gasteiger partial charge in [0.15, 0.2) is 0 Å². The fourth-order valence-corrected chi connectivity index (χ4v) is 1.68. The van der Waals surface area contributed by atoms with Gasteiger partial charge >= 0.3 is 0 Å². The van der Waals surface area contributed by atoms with Crippen LogP contribution < -0.4 is 10.1 Å². The van der Waals surface area contributed by atoms with E-state index in [0.29, 0.717) is 5.95 Å². The Morgan fingerprint density at radius 3 is 2.71 bits per heavy atom. The van der Waals surface area contributed by atoms with Gasteiger partial charge in [0.2, 0.25) is 5.95 Å². The molecule has 0 aliphatic rings. The van der Waals surface area contributed by atoms with Crippen LogP contribution in [-0.2, 0) is 0 Å². The van der Waals surface area contributed by atoms with Crippen molar-refractivity contribution in [1.29, 1.82) is 0 Å². The van der Waals surface area contributed by atoms with Crippen molar-refractivity contribution in [3.05, 3.63) is 36.0 Å². The van der Waals surface area contributed by atoms with Crippen LogP contribution in [0, 0.1) is 6.92 Å². The highest BCUT2D eigenvalue weighted by molar-refractivity contribution is 5.65. The number of rotatable bonds is 3. The minimum absolute atomic E-state index is 0.623. The zero-order valence-electron chi connectivity index (χ0n) is 10.2. The number of ether oxygens (including phenoxy) is 1. The molecule has 1 N–H and O–H groups in total. The van der Waals surface area contributed by atoms with E-state index < -0.39 is 0 Å². The Hall–Kier alpha value is -2.10. The molecule has 0 saturated carbocycles. The SMILES string of the molecule is CNc1nccc(-c2ccc(OC)cc2C)n1. The molecule has 1 aromatic heterocycles. The molecule has 1 aromatic carbocycles. The monoisotopic (exact) mass is 229 g/mol. The second-order valence-corrected chi connectivity index (χ2v) is 3.70. The van der Waals surface area contributed by atoms with Gasteiger partial charge in [0.25, 0.3) is 0 Å². The van der Waals surface area contributed by atoms with Crippen LogP contribution in [0.4, 0.5) is 5.95 Å². The molecule has 2 aromatic rings. The summed E-state index contributed by atoms with van der Waals surface area (Å²) in [5.74, 6) is 1.48. The smallest absolute Gasteiger partial charge is 0.222 e. The maximum atomic E-state index is 5.19. The van der Waals surface area contributed by atoms with Gasteiger partial charge in [-0.1, -0.05) is 0 Å². The van der Waals surface area contributed by atoms with Gasteiger partial charge in [-0.25, -0.2) is 9.97 Å². The average molecular weight is 229 g/mol. The molecule has 0 amide bonds. The zero-order chi connectivity index (χ0) is 12.3. The second-order valence-electron chi connectivity index (χ2n) is 3.70. The molecule has 0 unspecified atom stereocenters. The molecule has 0 atom stereocenters. The Kier molecular flexibility index (Phi) is 3.23. The minimum Gasteiger partial charge on any atom is -0.497 e. The Morgan fingerprint density at radius 1 is 1.24 bits per heavy atom. The van der Waals surface area contributed by atoms with Crippen molar-refractivity contribution in [3.63, 3.8) is 0 Å². The summed E-state index contributed by atoms with van der Waals surface area (Å²) in [5.41, 5.74) is 3.12. The van der Waals surface area contributed by atoms with E-state index in [1.165, 1.54) is 0 Å². The number of aryl methyl sites for hydroxylation is 1. The summed E-state index contributed by atoms with van der Waals surface area (Å²) < 4.78 is 5.19. The molecule has 2 rings (SSSR count). The molecule has 1 heterocycles. The predicted octanol–water partition coefficient (Wildman–Crippen LogP) is 2.50. The molecular formula is C13H15N3O. The third kappa shape index (κ3) is 2.36. The maximum Gasteiger partial charge on any atom is 0.222 e. The van der Waals surface area contributed by atoms with Crippen LogP contribution >= 0.6 is 0 Å². The van der Waals surface area contributed by atoms with E-state index in [9.17, 15) is 0 Å². The molecule has 0 fully saturated rings. The van der Waals surface area contributed by atoms with Crippen LogP contribution in [0.15, 0.2) is 30.5 Å². The van der Waals surface area contributed by atoms with Crippen LogP contribution in [0.25, 0.3) is 11.3 Å². The lowest BCUT2D eigenvalue weighted by Gasteiger charge is -2.08. The van der Waals surface area contributed by atoms with Crippen molar-refractivity contribution < 1.29 is 4.74 Å². The molecule has 0 aliphatic heterocycles. The minimum atomic E-state index is 0.623. The van der Waals surface area contributed by atoms with Gasteiger partial charge in [-0.05, 0) is 36.8 Å². The topological polar surface area (TPSA) is 47.0 Å². The molecule has 0 spiro atoms. The summed E-state index contributed by atoms with van der Waals surface area (Å²) >= 11 is 0. The van der Waals surface area contributed by atoms with E-state index in [2.05, 4.69) is 15.3 Å². The number of nitrogens with one attached hydrogen (secondary N) is 1. The van der Waals surface area contributed by atoms with Crippen molar-refractivity contribution in [2.45, 2.75) is 6.92 Å². The quantitative estimate of drug-likeness (QED) is 0.878. The standard InChI is InChI=1S/C13H15N3O/c1-9-8-10(17-3)4-5-11(9)12-6-7-15-13(14-2)16-12/h4-8H,1-3H3,(H,14,15,16). The molecular weight excluding hydrogens is 214 g/mol. The number of methoxy groups -OCH3 is 1. The first kappa shape index (κ1) is 11.4. The van der Waals surface area contributed by atoms with Crippen molar-refractivity contribution in [3.8, 4) is 17.0 Å². The average Bonchev–Trinajstić information content (AvgIpc) is 2.38. The fourth-order valence-electron chi connectivity index (χ4n) is 1.68. The summed E-state index contributed by atoms with van der Waals surface area (Å²) in [7, 11) is 3.47. The van der Waals surface area contributed by atoms with Crippen molar-refractivity contribution in [2.75, 3.05) is 19.5 Å². The Bertz CT molecular complexity index is 526. The summed E-state index contributed by atoms with van der Waals surface area (Å²) in [4.78, 5) is 8.51. The van der Waals surface area contributed by atoms with Gasteiger partial charge in [-0.15, -0.1) is 0 Å². The lowest BCUT2D eigenvalue weighted by Crippen LogP contribution is -1.97. The highest BCUT2D eigenvalue weighted by Gasteiger charge is 2.05. The predicted molar refractivity (Wildman–Crippen MR) is 68.3 cm³/mol. The molecule has 0 aliphatic carbocycles.